The van der Waals surface area contributed by atoms with Crippen molar-refractivity contribution in [2.45, 2.75) is 0 Å². The lowest BCUT2D eigenvalue weighted by atomic mass is 10.2. The Labute approximate surface area is 134 Å². The summed E-state index contributed by atoms with van der Waals surface area (Å²) in [5.74, 6) is -0.325. The number of hydrogen-bond donors (Lipinski definition) is 2. The van der Waals surface area contributed by atoms with Crippen LogP contribution in [-0.4, -0.2) is 15.9 Å². The molecule has 0 aliphatic carbocycles. The van der Waals surface area contributed by atoms with Crippen molar-refractivity contribution in [1.82, 2.24) is 4.98 Å². The van der Waals surface area contributed by atoms with E-state index in [1.807, 2.05) is 0 Å². The van der Waals surface area contributed by atoms with Crippen LogP contribution in [0.4, 0.5) is 5.69 Å². The van der Waals surface area contributed by atoms with Crippen LogP contribution in [0.2, 0.25) is 5.02 Å². The van der Waals surface area contributed by atoms with Gasteiger partial charge < -0.3 is 11.1 Å². The molecule has 0 bridgehead atoms. The van der Waals surface area contributed by atoms with Crippen LogP contribution in [-0.2, 0) is 0 Å². The van der Waals surface area contributed by atoms with Crippen LogP contribution in [0.1, 0.15) is 16.1 Å². The van der Waals surface area contributed by atoms with Gasteiger partial charge in [-0.15, -0.1) is 0 Å². The van der Waals surface area contributed by atoms with Crippen molar-refractivity contribution in [2.24, 2.45) is 5.73 Å². The lowest BCUT2D eigenvalue weighted by molar-refractivity contribution is 0.102. The summed E-state index contributed by atoms with van der Waals surface area (Å²) < 4.78 is 0.703. The largest absolute Gasteiger partial charge is 0.389 e. The van der Waals surface area contributed by atoms with Gasteiger partial charge in [0.25, 0.3) is 5.91 Å². The second-order valence-corrected chi connectivity index (χ2v) is 5.58. The predicted octanol–water partition coefficient (Wildman–Crippen LogP) is 3.38. The molecule has 0 spiro atoms. The van der Waals surface area contributed by atoms with Gasteiger partial charge in [-0.05, 0) is 46.3 Å². The third-order valence-corrected chi connectivity index (χ3v) is 3.91. The molecule has 2 aromatic rings. The summed E-state index contributed by atoms with van der Waals surface area (Å²) in [5.41, 5.74) is 6.98. The molecule has 4 nitrogen and oxygen atoms in total. The average molecular weight is 371 g/mol. The van der Waals surface area contributed by atoms with Crippen molar-refractivity contribution in [3.8, 4) is 0 Å². The Balaban J connectivity index is 2.15. The molecule has 0 fully saturated rings. The number of hydrogen-bond acceptors (Lipinski definition) is 3. The van der Waals surface area contributed by atoms with Crippen molar-refractivity contribution in [2.75, 3.05) is 5.32 Å². The lowest BCUT2D eigenvalue weighted by Crippen LogP contribution is -2.15. The predicted molar refractivity (Wildman–Crippen MR) is 87.2 cm³/mol. The summed E-state index contributed by atoms with van der Waals surface area (Å²) in [5, 5.41) is 3.29. The highest BCUT2D eigenvalue weighted by atomic mass is 79.9. The van der Waals surface area contributed by atoms with Gasteiger partial charge >= 0.3 is 0 Å². The van der Waals surface area contributed by atoms with Crippen LogP contribution in [0.3, 0.4) is 0 Å². The number of nitrogens with two attached hydrogens (primary N) is 1. The van der Waals surface area contributed by atoms with Crippen LogP contribution in [0.5, 0.6) is 0 Å². The van der Waals surface area contributed by atoms with Gasteiger partial charge in [0, 0.05) is 21.9 Å². The molecule has 102 valence electrons. The summed E-state index contributed by atoms with van der Waals surface area (Å²) >= 11 is 14.0. The van der Waals surface area contributed by atoms with E-state index in [0.29, 0.717) is 20.7 Å². The maximum absolute atomic E-state index is 12.0. The van der Waals surface area contributed by atoms with Gasteiger partial charge in [0.15, 0.2) is 0 Å². The molecule has 1 amide bonds. The van der Waals surface area contributed by atoms with Crippen LogP contribution >= 0.6 is 39.7 Å². The molecule has 1 aromatic carbocycles. The van der Waals surface area contributed by atoms with Gasteiger partial charge in [-0.1, -0.05) is 23.8 Å². The van der Waals surface area contributed by atoms with Gasteiger partial charge in [0.1, 0.15) is 10.7 Å². The minimum absolute atomic E-state index is 0.242. The van der Waals surface area contributed by atoms with Gasteiger partial charge in [0.05, 0.1) is 5.02 Å². The maximum atomic E-state index is 12.0. The Morgan fingerprint density at radius 1 is 1.35 bits per heavy atom. The summed E-state index contributed by atoms with van der Waals surface area (Å²) in [6, 6.07) is 8.32. The van der Waals surface area contributed by atoms with Crippen molar-refractivity contribution >= 4 is 56.3 Å². The molecule has 1 aromatic heterocycles. The quantitative estimate of drug-likeness (QED) is 0.813. The number of nitrogens with one attached hydrogen (secondary N) is 1. The smallest absolute Gasteiger partial charge is 0.274 e. The van der Waals surface area contributed by atoms with Crippen LogP contribution < -0.4 is 11.1 Å². The molecule has 0 unspecified atom stereocenters. The van der Waals surface area contributed by atoms with E-state index in [0.717, 1.165) is 0 Å². The number of benzene rings is 1. The molecule has 2 rings (SSSR count). The van der Waals surface area contributed by atoms with E-state index in [-0.39, 0.29) is 16.6 Å². The second kappa shape index (κ2) is 6.30. The number of aromatic nitrogens is 1. The Morgan fingerprint density at radius 2 is 2.10 bits per heavy atom. The number of rotatable bonds is 3. The van der Waals surface area contributed by atoms with Gasteiger partial charge in [-0.25, -0.2) is 0 Å². The Hall–Kier alpha value is -1.50. The average Bonchev–Trinajstić information content (AvgIpc) is 2.43. The number of halogens is 2. The molecule has 0 saturated carbocycles. The number of thiocarbonyl (C=S) groups is 1. The minimum Gasteiger partial charge on any atom is -0.389 e. The van der Waals surface area contributed by atoms with Crippen molar-refractivity contribution < 1.29 is 4.79 Å². The van der Waals surface area contributed by atoms with E-state index in [9.17, 15) is 4.79 Å². The third kappa shape index (κ3) is 3.53. The Bertz CT molecular complexity index is 676. The van der Waals surface area contributed by atoms with E-state index in [1.54, 1.807) is 30.3 Å². The molecule has 0 radical (unpaired) electrons. The van der Waals surface area contributed by atoms with Crippen molar-refractivity contribution in [1.29, 1.82) is 0 Å². The number of pyridine rings is 1. The second-order valence-electron chi connectivity index (χ2n) is 3.88. The molecule has 0 atom stereocenters. The standard InChI is InChI=1S/C13H9BrClN3OS/c14-9-5-8(2-3-10(9)15)18-13(19)11-4-1-7(6-17-11)12(16)20/h1-6H,(H2,16,20)(H,18,19). The highest BCUT2D eigenvalue weighted by Crippen LogP contribution is 2.25. The SMILES string of the molecule is NC(=S)c1ccc(C(=O)Nc2ccc(Cl)c(Br)c2)nc1. The highest BCUT2D eigenvalue weighted by Gasteiger charge is 2.09. The normalized spacial score (nSPS) is 10.1. The fraction of sp³-hybridized carbons (Fsp3) is 0. The molecular weight excluding hydrogens is 362 g/mol. The van der Waals surface area contributed by atoms with E-state index in [2.05, 4.69) is 26.2 Å². The maximum Gasteiger partial charge on any atom is 0.274 e. The molecule has 0 aliphatic rings. The summed E-state index contributed by atoms with van der Waals surface area (Å²) in [6.45, 7) is 0. The first-order chi connectivity index (χ1) is 9.47. The van der Waals surface area contributed by atoms with Gasteiger partial charge in [0.2, 0.25) is 0 Å². The fourth-order valence-electron chi connectivity index (χ4n) is 1.44. The zero-order valence-corrected chi connectivity index (χ0v) is 13.2. The highest BCUT2D eigenvalue weighted by molar-refractivity contribution is 9.10. The van der Waals surface area contributed by atoms with E-state index >= 15 is 0 Å². The first-order valence-electron chi connectivity index (χ1n) is 5.49. The number of carbonyl (C=O) groups excluding carboxylic acids is 1. The van der Waals surface area contributed by atoms with Crippen LogP contribution in [0.25, 0.3) is 0 Å². The van der Waals surface area contributed by atoms with E-state index in [1.165, 1.54) is 6.20 Å². The third-order valence-electron chi connectivity index (χ3n) is 2.46. The first-order valence-corrected chi connectivity index (χ1v) is 7.07. The minimum atomic E-state index is -0.325. The van der Waals surface area contributed by atoms with Gasteiger partial charge in [-0.2, -0.15) is 0 Å². The molecule has 0 aliphatic heterocycles. The molecule has 0 saturated heterocycles. The first kappa shape index (κ1) is 14.9. The molecule has 20 heavy (non-hydrogen) atoms. The summed E-state index contributed by atoms with van der Waals surface area (Å²) in [6.07, 6.45) is 1.47. The molecule has 7 heteroatoms. The monoisotopic (exact) mass is 369 g/mol. The lowest BCUT2D eigenvalue weighted by Gasteiger charge is -2.06. The Kier molecular flexibility index (Phi) is 4.69. The van der Waals surface area contributed by atoms with E-state index < -0.39 is 0 Å². The van der Waals surface area contributed by atoms with Crippen molar-refractivity contribution in [3.63, 3.8) is 0 Å². The molecular formula is C13H9BrClN3OS. The molecule has 1 heterocycles. The zero-order valence-electron chi connectivity index (χ0n) is 10.1. The van der Waals surface area contributed by atoms with Crippen LogP contribution in [0, 0.1) is 0 Å². The summed E-state index contributed by atoms with van der Waals surface area (Å²) in [4.78, 5) is 16.3. The zero-order chi connectivity index (χ0) is 14.7. The Morgan fingerprint density at radius 3 is 2.65 bits per heavy atom. The number of nitrogens with zero attached hydrogens (tertiary/aromatic N) is 1. The van der Waals surface area contributed by atoms with Gasteiger partial charge in [-0.3, -0.25) is 9.78 Å². The topological polar surface area (TPSA) is 68.0 Å². The van der Waals surface area contributed by atoms with Crippen LogP contribution in [0.15, 0.2) is 41.0 Å². The number of amides is 1. The van der Waals surface area contributed by atoms with Crippen molar-refractivity contribution in [3.05, 3.63) is 57.3 Å². The van der Waals surface area contributed by atoms with E-state index in [4.69, 9.17) is 29.6 Å². The number of carbonyl (C=O) groups is 1. The summed E-state index contributed by atoms with van der Waals surface area (Å²) in [7, 11) is 0. The fourth-order valence-corrected chi connectivity index (χ4v) is 2.06. The molecule has 3 N–H and O–H groups in total. The number of anilines is 1.